The van der Waals surface area contributed by atoms with Crippen LogP contribution in [0.5, 0.6) is 0 Å². The number of amides is 2. The highest BCUT2D eigenvalue weighted by molar-refractivity contribution is 5.98. The zero-order chi connectivity index (χ0) is 25.8. The number of carbonyl (C=O) groups excluding carboxylic acids is 1. The van der Waals surface area contributed by atoms with Gasteiger partial charge in [0.05, 0.1) is 0 Å². The van der Waals surface area contributed by atoms with Gasteiger partial charge in [-0.05, 0) is 37.8 Å². The van der Waals surface area contributed by atoms with Crippen LogP contribution in [0, 0.1) is 13.8 Å². The molecular formula is C29H34N6O2. The van der Waals surface area contributed by atoms with E-state index in [1.54, 1.807) is 0 Å². The first-order chi connectivity index (χ1) is 18.0. The minimum absolute atomic E-state index is 0.0642. The molecule has 2 amide bonds. The zero-order valence-electron chi connectivity index (χ0n) is 21.8. The predicted octanol–water partition coefficient (Wildman–Crippen LogP) is 5.99. The quantitative estimate of drug-likeness (QED) is 0.351. The van der Waals surface area contributed by atoms with Crippen molar-refractivity contribution in [2.45, 2.75) is 46.5 Å². The monoisotopic (exact) mass is 498 g/mol. The molecule has 0 unspecified atom stereocenters. The highest BCUT2D eigenvalue weighted by Crippen LogP contribution is 2.34. The van der Waals surface area contributed by atoms with Crippen molar-refractivity contribution in [3.63, 3.8) is 0 Å². The van der Waals surface area contributed by atoms with Gasteiger partial charge < -0.3 is 19.6 Å². The van der Waals surface area contributed by atoms with E-state index in [-0.39, 0.29) is 6.03 Å². The van der Waals surface area contributed by atoms with Crippen molar-refractivity contribution < 1.29 is 9.32 Å². The molecule has 1 saturated heterocycles. The number of unbranched alkanes of at least 4 members (excludes halogenated alkanes) is 1. The smallest absolute Gasteiger partial charge is 0.321 e. The van der Waals surface area contributed by atoms with Crippen LogP contribution in [0.2, 0.25) is 0 Å². The summed E-state index contributed by atoms with van der Waals surface area (Å²) in [4.78, 5) is 27.1. The number of fused-ring (bicyclic) bond motifs is 1. The van der Waals surface area contributed by atoms with Gasteiger partial charge in [0.25, 0.3) is 5.71 Å². The number of aromatic nitrogens is 3. The standard InChI is InChI=1S/C29H34N6O2/c1-4-5-15-23-30-27(24-26(33-37-28(24)31-23)22-13-7-6-8-14-22)34-16-10-17-35(19-18-34)29(36)32-25-20(2)11-9-12-21(25)3/h6-9,11-14H,4-5,10,15-19H2,1-3H3,(H,32,36). The summed E-state index contributed by atoms with van der Waals surface area (Å²) in [6, 6.07) is 16.0. The molecule has 0 bridgehead atoms. The second-order valence-electron chi connectivity index (χ2n) is 9.67. The first-order valence-corrected chi connectivity index (χ1v) is 13.1. The van der Waals surface area contributed by atoms with Gasteiger partial charge in [0.1, 0.15) is 22.7 Å². The van der Waals surface area contributed by atoms with Gasteiger partial charge in [0.2, 0.25) is 0 Å². The van der Waals surface area contributed by atoms with E-state index in [0.29, 0.717) is 25.3 Å². The van der Waals surface area contributed by atoms with Crippen molar-refractivity contribution >= 4 is 28.6 Å². The average molecular weight is 499 g/mol. The lowest BCUT2D eigenvalue weighted by molar-refractivity contribution is 0.215. The highest BCUT2D eigenvalue weighted by atomic mass is 16.5. The molecule has 3 heterocycles. The molecule has 2 aromatic heterocycles. The van der Waals surface area contributed by atoms with Crippen LogP contribution in [0.4, 0.5) is 16.3 Å². The Kier molecular flexibility index (Phi) is 7.35. The molecule has 0 radical (unpaired) electrons. The fourth-order valence-corrected chi connectivity index (χ4v) is 4.88. The van der Waals surface area contributed by atoms with Crippen molar-refractivity contribution in [2.75, 3.05) is 36.4 Å². The Balaban J connectivity index is 1.43. The molecule has 2 aromatic carbocycles. The number of hydrogen-bond acceptors (Lipinski definition) is 6. The number of anilines is 2. The van der Waals surface area contributed by atoms with Crippen molar-refractivity contribution in [3.05, 3.63) is 65.5 Å². The maximum atomic E-state index is 13.2. The van der Waals surface area contributed by atoms with Gasteiger partial charge in [-0.1, -0.05) is 67.0 Å². The molecule has 37 heavy (non-hydrogen) atoms. The third-order valence-corrected chi connectivity index (χ3v) is 6.96. The van der Waals surface area contributed by atoms with E-state index in [9.17, 15) is 4.79 Å². The molecule has 8 nitrogen and oxygen atoms in total. The Morgan fingerprint density at radius 2 is 1.76 bits per heavy atom. The van der Waals surface area contributed by atoms with Gasteiger partial charge in [-0.3, -0.25) is 0 Å². The summed E-state index contributed by atoms with van der Waals surface area (Å²) in [6.07, 6.45) is 3.70. The Morgan fingerprint density at radius 1 is 0.973 bits per heavy atom. The Morgan fingerprint density at radius 3 is 2.51 bits per heavy atom. The maximum absolute atomic E-state index is 13.2. The SMILES string of the molecule is CCCCc1nc(N2CCCN(C(=O)Nc3c(C)cccc3C)CC2)c2c(-c3ccccc3)noc2n1. The summed E-state index contributed by atoms with van der Waals surface area (Å²) in [6.45, 7) is 8.93. The molecule has 4 aromatic rings. The van der Waals surface area contributed by atoms with Gasteiger partial charge >= 0.3 is 6.03 Å². The number of hydrogen-bond donors (Lipinski definition) is 1. The first kappa shape index (κ1) is 24.7. The number of nitrogens with one attached hydrogen (secondary N) is 1. The lowest BCUT2D eigenvalue weighted by Crippen LogP contribution is -2.38. The molecule has 1 aliphatic rings. The van der Waals surface area contributed by atoms with Crippen LogP contribution >= 0.6 is 0 Å². The van der Waals surface area contributed by atoms with Crippen LogP contribution in [0.1, 0.15) is 43.1 Å². The minimum atomic E-state index is -0.0642. The van der Waals surface area contributed by atoms with E-state index >= 15 is 0 Å². The molecule has 0 spiro atoms. The molecule has 0 saturated carbocycles. The molecule has 192 valence electrons. The zero-order valence-corrected chi connectivity index (χ0v) is 21.8. The molecule has 0 atom stereocenters. The van der Waals surface area contributed by atoms with Gasteiger partial charge in [0, 0.05) is 43.9 Å². The number of nitrogens with zero attached hydrogens (tertiary/aromatic N) is 5. The molecule has 0 aliphatic carbocycles. The molecule has 8 heteroatoms. The lowest BCUT2D eigenvalue weighted by Gasteiger charge is -2.24. The van der Waals surface area contributed by atoms with Crippen molar-refractivity contribution in [1.29, 1.82) is 0 Å². The Labute approximate surface area is 217 Å². The van der Waals surface area contributed by atoms with Gasteiger partial charge in [-0.2, -0.15) is 4.98 Å². The van der Waals surface area contributed by atoms with Crippen LogP contribution in [0.15, 0.2) is 53.1 Å². The lowest BCUT2D eigenvalue weighted by atomic mass is 10.1. The average Bonchev–Trinajstić information content (AvgIpc) is 3.18. The fraction of sp³-hybridized carbons (Fsp3) is 0.379. The van der Waals surface area contributed by atoms with Crippen molar-refractivity contribution in [3.8, 4) is 11.3 Å². The van der Waals surface area contributed by atoms with Crippen LogP contribution < -0.4 is 10.2 Å². The van der Waals surface area contributed by atoms with E-state index in [1.807, 2.05) is 67.3 Å². The Bertz CT molecular complexity index is 1360. The highest BCUT2D eigenvalue weighted by Gasteiger charge is 2.26. The van der Waals surface area contributed by atoms with Gasteiger partial charge in [-0.15, -0.1) is 0 Å². The third kappa shape index (κ3) is 5.28. The number of carbonyl (C=O) groups is 1. The van der Waals surface area contributed by atoms with Crippen LogP contribution in [-0.4, -0.2) is 52.2 Å². The number of aryl methyl sites for hydroxylation is 3. The van der Waals surface area contributed by atoms with E-state index in [4.69, 9.17) is 14.5 Å². The summed E-state index contributed by atoms with van der Waals surface area (Å²) in [5.74, 6) is 1.61. The van der Waals surface area contributed by atoms with Gasteiger partial charge in [0.15, 0.2) is 0 Å². The van der Waals surface area contributed by atoms with E-state index in [0.717, 1.165) is 77.3 Å². The summed E-state index contributed by atoms with van der Waals surface area (Å²) in [5.41, 5.74) is 5.26. The summed E-state index contributed by atoms with van der Waals surface area (Å²) >= 11 is 0. The number of rotatable bonds is 6. The van der Waals surface area contributed by atoms with E-state index in [1.165, 1.54) is 0 Å². The summed E-state index contributed by atoms with van der Waals surface area (Å²) in [7, 11) is 0. The largest absolute Gasteiger partial charge is 0.354 e. The first-order valence-electron chi connectivity index (χ1n) is 13.1. The topological polar surface area (TPSA) is 87.4 Å². The third-order valence-electron chi connectivity index (χ3n) is 6.96. The van der Waals surface area contributed by atoms with Crippen LogP contribution in [0.3, 0.4) is 0 Å². The molecular weight excluding hydrogens is 464 g/mol. The summed E-state index contributed by atoms with van der Waals surface area (Å²) in [5, 5.41) is 8.36. The second kappa shape index (κ2) is 11.0. The fourth-order valence-electron chi connectivity index (χ4n) is 4.88. The predicted molar refractivity (Wildman–Crippen MR) is 147 cm³/mol. The number of para-hydroxylation sites is 1. The Hall–Kier alpha value is -3.94. The number of urea groups is 1. The van der Waals surface area contributed by atoms with E-state index < -0.39 is 0 Å². The van der Waals surface area contributed by atoms with Crippen molar-refractivity contribution in [2.24, 2.45) is 0 Å². The maximum Gasteiger partial charge on any atom is 0.321 e. The second-order valence-corrected chi connectivity index (χ2v) is 9.67. The molecule has 5 rings (SSSR count). The van der Waals surface area contributed by atoms with Crippen molar-refractivity contribution in [1.82, 2.24) is 20.0 Å². The van der Waals surface area contributed by atoms with Gasteiger partial charge in [-0.25, -0.2) is 9.78 Å². The molecule has 1 aliphatic heterocycles. The van der Waals surface area contributed by atoms with Crippen LogP contribution in [-0.2, 0) is 6.42 Å². The minimum Gasteiger partial charge on any atom is -0.354 e. The molecule has 1 N–H and O–H groups in total. The summed E-state index contributed by atoms with van der Waals surface area (Å²) < 4.78 is 5.73. The van der Waals surface area contributed by atoms with Crippen LogP contribution in [0.25, 0.3) is 22.4 Å². The van der Waals surface area contributed by atoms with E-state index in [2.05, 4.69) is 22.3 Å². The normalized spacial score (nSPS) is 14.1. The number of benzene rings is 2. The molecule has 1 fully saturated rings.